The average molecular weight is 283 g/mol. The number of aryl methyl sites for hydroxylation is 1. The van der Waals surface area contributed by atoms with Crippen molar-refractivity contribution in [2.45, 2.75) is 52.1 Å². The Bertz CT molecular complexity index is 622. The largest absolute Gasteiger partial charge is 0.387 e. The number of aliphatic hydroxyl groups is 1. The second kappa shape index (κ2) is 6.15. The lowest BCUT2D eigenvalue weighted by molar-refractivity contribution is 0.0424. The predicted octanol–water partition coefficient (Wildman–Crippen LogP) is 4.79. The van der Waals surface area contributed by atoms with Gasteiger partial charge in [0.1, 0.15) is 0 Å². The van der Waals surface area contributed by atoms with Crippen LogP contribution < -0.4 is 0 Å². The number of hydrogen-bond acceptors (Lipinski definition) is 2. The third-order valence-electron chi connectivity index (χ3n) is 5.14. The standard InChI is InChI=1S/C19H25NO/c1-3-14-8-4-5-10-16(14)19(21)18-12-13(2)15-9-6-7-11-17(15)20-18/h6-7,9,11-12,14,16,19,21H,3-5,8,10H2,1-2H3. The zero-order valence-electron chi connectivity index (χ0n) is 13.0. The lowest BCUT2D eigenvalue weighted by atomic mass is 9.74. The van der Waals surface area contributed by atoms with Gasteiger partial charge in [0.2, 0.25) is 0 Å². The number of nitrogens with zero attached hydrogens (tertiary/aromatic N) is 1. The Labute approximate surface area is 127 Å². The molecule has 3 rings (SSSR count). The van der Waals surface area contributed by atoms with Crippen molar-refractivity contribution < 1.29 is 5.11 Å². The summed E-state index contributed by atoms with van der Waals surface area (Å²) in [6.45, 7) is 4.35. The molecule has 1 aliphatic carbocycles. The van der Waals surface area contributed by atoms with Crippen LogP contribution in [0.25, 0.3) is 10.9 Å². The summed E-state index contributed by atoms with van der Waals surface area (Å²) in [5, 5.41) is 12.1. The molecule has 2 aromatic rings. The molecule has 1 aliphatic rings. The first-order valence-electron chi connectivity index (χ1n) is 8.25. The maximum atomic E-state index is 10.9. The van der Waals surface area contributed by atoms with E-state index in [-0.39, 0.29) is 0 Å². The Morgan fingerprint density at radius 3 is 2.81 bits per heavy atom. The van der Waals surface area contributed by atoms with Crippen molar-refractivity contribution in [3.05, 3.63) is 41.6 Å². The first-order valence-corrected chi connectivity index (χ1v) is 8.25. The minimum absolute atomic E-state index is 0.372. The zero-order valence-corrected chi connectivity index (χ0v) is 13.0. The van der Waals surface area contributed by atoms with E-state index in [9.17, 15) is 5.11 Å². The third-order valence-corrected chi connectivity index (χ3v) is 5.14. The highest BCUT2D eigenvalue weighted by Crippen LogP contribution is 2.40. The van der Waals surface area contributed by atoms with Crippen LogP contribution in [0.1, 0.15) is 56.4 Å². The fourth-order valence-corrected chi connectivity index (χ4v) is 3.91. The van der Waals surface area contributed by atoms with Crippen LogP contribution in [-0.4, -0.2) is 10.1 Å². The van der Waals surface area contributed by atoms with Crippen LogP contribution in [0.2, 0.25) is 0 Å². The van der Waals surface area contributed by atoms with E-state index >= 15 is 0 Å². The highest BCUT2D eigenvalue weighted by molar-refractivity contribution is 5.82. The van der Waals surface area contributed by atoms with E-state index in [0.717, 1.165) is 24.1 Å². The lowest BCUT2D eigenvalue weighted by Crippen LogP contribution is -2.26. The molecule has 0 amide bonds. The molecule has 3 atom stereocenters. The van der Waals surface area contributed by atoms with Gasteiger partial charge in [0.25, 0.3) is 0 Å². The maximum absolute atomic E-state index is 10.9. The molecule has 0 spiro atoms. The number of pyridine rings is 1. The molecule has 1 saturated carbocycles. The number of rotatable bonds is 3. The Morgan fingerprint density at radius 2 is 2.00 bits per heavy atom. The molecule has 112 valence electrons. The molecule has 3 unspecified atom stereocenters. The molecule has 1 fully saturated rings. The normalized spacial score (nSPS) is 24.1. The Balaban J connectivity index is 1.95. The monoisotopic (exact) mass is 283 g/mol. The Kier molecular flexibility index (Phi) is 4.25. The van der Waals surface area contributed by atoms with Gasteiger partial charge in [-0.25, -0.2) is 0 Å². The molecule has 0 aliphatic heterocycles. The molecule has 1 aromatic carbocycles. The molecule has 1 aromatic heterocycles. The Hall–Kier alpha value is -1.41. The SMILES string of the molecule is CCC1CCCCC1C(O)c1cc(C)c2ccccc2n1. The minimum atomic E-state index is -0.418. The summed E-state index contributed by atoms with van der Waals surface area (Å²) in [7, 11) is 0. The highest BCUT2D eigenvalue weighted by atomic mass is 16.3. The molecule has 1 N–H and O–H groups in total. The van der Waals surface area contributed by atoms with Crippen molar-refractivity contribution in [3.8, 4) is 0 Å². The van der Waals surface area contributed by atoms with Crippen molar-refractivity contribution in [2.24, 2.45) is 11.8 Å². The van der Waals surface area contributed by atoms with E-state index in [2.05, 4.69) is 26.0 Å². The summed E-state index contributed by atoms with van der Waals surface area (Å²) in [5.41, 5.74) is 3.06. The molecule has 0 radical (unpaired) electrons. The molecule has 21 heavy (non-hydrogen) atoms. The van der Waals surface area contributed by atoms with Crippen molar-refractivity contribution in [3.63, 3.8) is 0 Å². The van der Waals surface area contributed by atoms with Crippen molar-refractivity contribution >= 4 is 10.9 Å². The van der Waals surface area contributed by atoms with E-state index in [4.69, 9.17) is 4.98 Å². The zero-order chi connectivity index (χ0) is 14.8. The summed E-state index contributed by atoms with van der Waals surface area (Å²) in [6.07, 6.45) is 5.68. The summed E-state index contributed by atoms with van der Waals surface area (Å²) >= 11 is 0. The van der Waals surface area contributed by atoms with Gasteiger partial charge in [-0.2, -0.15) is 0 Å². The van der Waals surface area contributed by atoms with E-state index in [1.54, 1.807) is 0 Å². The van der Waals surface area contributed by atoms with Gasteiger partial charge in [0.05, 0.1) is 17.3 Å². The topological polar surface area (TPSA) is 33.1 Å². The van der Waals surface area contributed by atoms with E-state index < -0.39 is 6.10 Å². The molecule has 2 nitrogen and oxygen atoms in total. The summed E-state index contributed by atoms with van der Waals surface area (Å²) in [5.74, 6) is 1.01. The van der Waals surface area contributed by atoms with Gasteiger partial charge < -0.3 is 5.11 Å². The molecule has 2 heteroatoms. The van der Waals surface area contributed by atoms with Gasteiger partial charge in [-0.05, 0) is 42.9 Å². The van der Waals surface area contributed by atoms with Crippen LogP contribution in [0.4, 0.5) is 0 Å². The number of para-hydroxylation sites is 1. The fourth-order valence-electron chi connectivity index (χ4n) is 3.91. The van der Waals surface area contributed by atoms with Gasteiger partial charge in [-0.15, -0.1) is 0 Å². The maximum Gasteiger partial charge on any atom is 0.0990 e. The quantitative estimate of drug-likeness (QED) is 0.878. The van der Waals surface area contributed by atoms with Gasteiger partial charge >= 0.3 is 0 Å². The van der Waals surface area contributed by atoms with Crippen LogP contribution in [0, 0.1) is 18.8 Å². The lowest BCUT2D eigenvalue weighted by Gasteiger charge is -2.34. The van der Waals surface area contributed by atoms with Crippen molar-refractivity contribution in [1.82, 2.24) is 4.98 Å². The molecule has 0 saturated heterocycles. The summed E-state index contributed by atoms with van der Waals surface area (Å²) in [6, 6.07) is 10.3. The van der Waals surface area contributed by atoms with Crippen molar-refractivity contribution in [1.29, 1.82) is 0 Å². The van der Waals surface area contributed by atoms with Crippen LogP contribution in [0.3, 0.4) is 0 Å². The third kappa shape index (κ3) is 2.82. The summed E-state index contributed by atoms with van der Waals surface area (Å²) in [4.78, 5) is 4.73. The van der Waals surface area contributed by atoms with Gasteiger partial charge in [-0.1, -0.05) is 50.8 Å². The Morgan fingerprint density at radius 1 is 1.24 bits per heavy atom. The second-order valence-electron chi connectivity index (χ2n) is 6.44. The fraction of sp³-hybridized carbons (Fsp3) is 0.526. The van der Waals surface area contributed by atoms with Crippen LogP contribution in [-0.2, 0) is 0 Å². The van der Waals surface area contributed by atoms with E-state index in [1.807, 2.05) is 18.2 Å². The number of aromatic nitrogens is 1. The molecule has 1 heterocycles. The molecular formula is C19H25NO. The second-order valence-corrected chi connectivity index (χ2v) is 6.44. The highest BCUT2D eigenvalue weighted by Gasteiger charge is 2.31. The van der Waals surface area contributed by atoms with Crippen LogP contribution in [0.5, 0.6) is 0 Å². The first kappa shape index (κ1) is 14.5. The predicted molar refractivity (Wildman–Crippen MR) is 87.2 cm³/mol. The molecular weight excluding hydrogens is 258 g/mol. The number of fused-ring (bicyclic) bond motifs is 1. The van der Waals surface area contributed by atoms with Crippen LogP contribution >= 0.6 is 0 Å². The van der Waals surface area contributed by atoms with Crippen LogP contribution in [0.15, 0.2) is 30.3 Å². The van der Waals surface area contributed by atoms with E-state index in [1.165, 1.54) is 30.2 Å². The summed E-state index contributed by atoms with van der Waals surface area (Å²) < 4.78 is 0. The first-order chi connectivity index (χ1) is 10.2. The smallest absolute Gasteiger partial charge is 0.0990 e. The van der Waals surface area contributed by atoms with E-state index in [0.29, 0.717) is 11.8 Å². The number of hydrogen-bond donors (Lipinski definition) is 1. The molecule has 0 bridgehead atoms. The average Bonchev–Trinajstić information content (AvgIpc) is 2.54. The van der Waals surface area contributed by atoms with Crippen molar-refractivity contribution in [2.75, 3.05) is 0 Å². The van der Waals surface area contributed by atoms with Gasteiger partial charge in [0.15, 0.2) is 0 Å². The minimum Gasteiger partial charge on any atom is -0.387 e. The number of aliphatic hydroxyl groups excluding tert-OH is 1. The van der Waals surface area contributed by atoms with Gasteiger partial charge in [0, 0.05) is 5.39 Å². The number of benzene rings is 1. The van der Waals surface area contributed by atoms with Gasteiger partial charge in [-0.3, -0.25) is 4.98 Å².